The van der Waals surface area contributed by atoms with Crippen LogP contribution in [0.2, 0.25) is 0 Å². The first-order chi connectivity index (χ1) is 11.9. The minimum atomic E-state index is -0.512. The van der Waals surface area contributed by atoms with Gasteiger partial charge in [0, 0.05) is 0 Å². The molecule has 0 aromatic heterocycles. The highest BCUT2D eigenvalue weighted by Gasteiger charge is 2.21. The molecule has 0 radical (unpaired) electrons. The largest absolute Gasteiger partial charge is 0.497 e. The van der Waals surface area contributed by atoms with E-state index >= 15 is 0 Å². The zero-order chi connectivity index (χ0) is 18.4. The highest BCUT2D eigenvalue weighted by Crippen LogP contribution is 2.20. The molecule has 2 rings (SSSR count). The second-order valence-electron chi connectivity index (χ2n) is 6.34. The van der Waals surface area contributed by atoms with Gasteiger partial charge in [-0.25, -0.2) is 0 Å². The van der Waals surface area contributed by atoms with Crippen molar-refractivity contribution in [2.45, 2.75) is 46.3 Å². The lowest BCUT2D eigenvalue weighted by molar-refractivity contribution is -0.128. The third-order valence-electron chi connectivity index (χ3n) is 4.11. The summed E-state index contributed by atoms with van der Waals surface area (Å²) in [6, 6.07) is 13.6. The van der Waals surface area contributed by atoms with E-state index in [-0.39, 0.29) is 11.9 Å². The molecule has 2 aromatic carbocycles. The van der Waals surface area contributed by atoms with Crippen molar-refractivity contribution in [3.05, 3.63) is 59.2 Å². The zero-order valence-electron chi connectivity index (χ0n) is 15.6. The summed E-state index contributed by atoms with van der Waals surface area (Å²) in [6.07, 6.45) is 0.0932. The Morgan fingerprint density at radius 2 is 1.64 bits per heavy atom. The van der Waals surface area contributed by atoms with Crippen molar-refractivity contribution in [1.29, 1.82) is 0 Å². The molecular weight excluding hydrogens is 314 g/mol. The summed E-state index contributed by atoms with van der Waals surface area (Å²) >= 11 is 0. The molecular formula is C21H27NO3. The van der Waals surface area contributed by atoms with Gasteiger partial charge in [-0.2, -0.15) is 0 Å². The van der Waals surface area contributed by atoms with Gasteiger partial charge in [-0.05, 0) is 68.1 Å². The number of hydrogen-bond donors (Lipinski definition) is 1. The summed E-state index contributed by atoms with van der Waals surface area (Å²) in [5.41, 5.74) is 3.27. The van der Waals surface area contributed by atoms with E-state index in [2.05, 4.69) is 11.4 Å². The molecule has 0 unspecified atom stereocenters. The van der Waals surface area contributed by atoms with E-state index < -0.39 is 6.10 Å². The minimum Gasteiger partial charge on any atom is -0.497 e. The summed E-state index contributed by atoms with van der Waals surface area (Å²) in [5.74, 6) is 1.42. The second kappa shape index (κ2) is 8.56. The summed E-state index contributed by atoms with van der Waals surface area (Å²) in [6.45, 7) is 7.95. The normalized spacial score (nSPS) is 13.0. The lowest BCUT2D eigenvalue weighted by atomic mass is 10.1. The fraction of sp³-hybridized carbons (Fsp3) is 0.381. The standard InChI is InChI=1S/C21H27NO3/c1-6-20(25-19-12-14(2)11-15(3)13-19)21(23)22-16(4)17-7-9-18(24-5)10-8-17/h7-13,16,20H,6H2,1-5H3,(H,22,23)/t16-,20+/m0/s1. The van der Waals surface area contributed by atoms with Crippen molar-refractivity contribution in [3.63, 3.8) is 0 Å². The molecule has 1 N–H and O–H groups in total. The zero-order valence-corrected chi connectivity index (χ0v) is 15.6. The predicted molar refractivity (Wildman–Crippen MR) is 100 cm³/mol. The predicted octanol–water partition coefficient (Wildman–Crippen LogP) is 4.35. The average Bonchev–Trinajstić information content (AvgIpc) is 2.58. The number of rotatable bonds is 7. The van der Waals surface area contributed by atoms with Gasteiger partial charge in [-0.3, -0.25) is 4.79 Å². The number of amides is 1. The number of hydrogen-bond acceptors (Lipinski definition) is 3. The van der Waals surface area contributed by atoms with E-state index in [1.807, 2.05) is 64.1 Å². The van der Waals surface area contributed by atoms with Crippen LogP contribution in [0.5, 0.6) is 11.5 Å². The molecule has 1 amide bonds. The Balaban J connectivity index is 2.03. The number of aryl methyl sites for hydroxylation is 2. The van der Waals surface area contributed by atoms with E-state index in [0.29, 0.717) is 6.42 Å². The van der Waals surface area contributed by atoms with Gasteiger partial charge in [-0.15, -0.1) is 0 Å². The first-order valence-corrected chi connectivity index (χ1v) is 8.62. The third-order valence-corrected chi connectivity index (χ3v) is 4.11. The molecule has 0 fully saturated rings. The van der Waals surface area contributed by atoms with Gasteiger partial charge in [0.05, 0.1) is 13.2 Å². The van der Waals surface area contributed by atoms with Gasteiger partial charge in [-0.1, -0.05) is 25.1 Å². The van der Waals surface area contributed by atoms with Gasteiger partial charge in [0.15, 0.2) is 6.10 Å². The molecule has 0 aliphatic carbocycles. The van der Waals surface area contributed by atoms with Crippen LogP contribution in [-0.4, -0.2) is 19.1 Å². The van der Waals surface area contributed by atoms with E-state index in [4.69, 9.17) is 9.47 Å². The van der Waals surface area contributed by atoms with Crippen LogP contribution >= 0.6 is 0 Å². The lowest BCUT2D eigenvalue weighted by Gasteiger charge is -2.21. The third kappa shape index (κ3) is 5.24. The van der Waals surface area contributed by atoms with Crippen LogP contribution in [0.3, 0.4) is 0 Å². The van der Waals surface area contributed by atoms with Crippen LogP contribution in [0.4, 0.5) is 0 Å². The molecule has 2 aromatic rings. The molecule has 0 heterocycles. The second-order valence-corrected chi connectivity index (χ2v) is 6.34. The summed E-state index contributed by atoms with van der Waals surface area (Å²) in [7, 11) is 1.64. The first kappa shape index (κ1) is 18.8. The molecule has 0 aliphatic heterocycles. The number of ether oxygens (including phenoxy) is 2. The molecule has 2 atom stereocenters. The quantitative estimate of drug-likeness (QED) is 0.814. The van der Waals surface area contributed by atoms with Gasteiger partial charge < -0.3 is 14.8 Å². The van der Waals surface area contributed by atoms with Crippen LogP contribution < -0.4 is 14.8 Å². The van der Waals surface area contributed by atoms with Gasteiger partial charge in [0.2, 0.25) is 0 Å². The SMILES string of the molecule is CC[C@@H](Oc1cc(C)cc(C)c1)C(=O)N[C@@H](C)c1ccc(OC)cc1. The van der Waals surface area contributed by atoms with Crippen molar-refractivity contribution < 1.29 is 14.3 Å². The first-order valence-electron chi connectivity index (χ1n) is 8.62. The van der Waals surface area contributed by atoms with Crippen molar-refractivity contribution in [2.75, 3.05) is 7.11 Å². The number of nitrogens with one attached hydrogen (secondary N) is 1. The summed E-state index contributed by atoms with van der Waals surface area (Å²) < 4.78 is 11.1. The van der Waals surface area contributed by atoms with Crippen molar-refractivity contribution >= 4 is 5.91 Å². The minimum absolute atomic E-state index is 0.102. The van der Waals surface area contributed by atoms with Crippen molar-refractivity contribution in [3.8, 4) is 11.5 Å². The van der Waals surface area contributed by atoms with Crippen LogP contribution in [-0.2, 0) is 4.79 Å². The van der Waals surface area contributed by atoms with E-state index in [1.54, 1.807) is 7.11 Å². The summed E-state index contributed by atoms with van der Waals surface area (Å²) in [4.78, 5) is 12.6. The average molecular weight is 341 g/mol. The van der Waals surface area contributed by atoms with Crippen LogP contribution in [0.25, 0.3) is 0 Å². The highest BCUT2D eigenvalue weighted by molar-refractivity contribution is 5.81. The molecule has 4 heteroatoms. The number of benzene rings is 2. The van der Waals surface area contributed by atoms with Gasteiger partial charge in [0.1, 0.15) is 11.5 Å². The molecule has 0 saturated heterocycles. The number of carbonyl (C=O) groups is 1. The van der Waals surface area contributed by atoms with Crippen LogP contribution in [0.1, 0.15) is 43.0 Å². The van der Waals surface area contributed by atoms with Crippen molar-refractivity contribution in [1.82, 2.24) is 5.32 Å². The highest BCUT2D eigenvalue weighted by atomic mass is 16.5. The Morgan fingerprint density at radius 3 is 2.16 bits per heavy atom. The Bertz CT molecular complexity index is 689. The smallest absolute Gasteiger partial charge is 0.261 e. The Hall–Kier alpha value is -2.49. The Labute approximate surface area is 150 Å². The Kier molecular flexibility index (Phi) is 6.45. The number of carbonyl (C=O) groups excluding carboxylic acids is 1. The fourth-order valence-corrected chi connectivity index (χ4v) is 2.77. The van der Waals surface area contributed by atoms with Crippen LogP contribution in [0, 0.1) is 13.8 Å². The van der Waals surface area contributed by atoms with Crippen molar-refractivity contribution in [2.24, 2.45) is 0 Å². The maximum absolute atomic E-state index is 12.6. The maximum Gasteiger partial charge on any atom is 0.261 e. The number of methoxy groups -OCH3 is 1. The van der Waals surface area contributed by atoms with Gasteiger partial charge >= 0.3 is 0 Å². The maximum atomic E-state index is 12.6. The van der Waals surface area contributed by atoms with E-state index in [0.717, 1.165) is 28.2 Å². The Morgan fingerprint density at radius 1 is 1.04 bits per heavy atom. The topological polar surface area (TPSA) is 47.6 Å². The molecule has 4 nitrogen and oxygen atoms in total. The lowest BCUT2D eigenvalue weighted by Crippen LogP contribution is -2.39. The summed E-state index contributed by atoms with van der Waals surface area (Å²) in [5, 5.41) is 3.03. The molecule has 0 saturated carbocycles. The fourth-order valence-electron chi connectivity index (χ4n) is 2.77. The molecule has 134 valence electrons. The van der Waals surface area contributed by atoms with E-state index in [1.165, 1.54) is 0 Å². The monoisotopic (exact) mass is 341 g/mol. The van der Waals surface area contributed by atoms with Gasteiger partial charge in [0.25, 0.3) is 5.91 Å². The van der Waals surface area contributed by atoms with Crippen LogP contribution in [0.15, 0.2) is 42.5 Å². The molecule has 0 bridgehead atoms. The molecule has 0 aliphatic rings. The molecule has 0 spiro atoms. The van der Waals surface area contributed by atoms with E-state index in [9.17, 15) is 4.79 Å². The molecule has 25 heavy (non-hydrogen) atoms.